The normalized spacial score (nSPS) is 17.7. The minimum absolute atomic E-state index is 0.0745. The lowest BCUT2D eigenvalue weighted by Gasteiger charge is -2.43. The van der Waals surface area contributed by atoms with Crippen LogP contribution in [-0.2, 0) is 4.79 Å². The van der Waals surface area contributed by atoms with Gasteiger partial charge in [-0.15, -0.1) is 0 Å². The van der Waals surface area contributed by atoms with Gasteiger partial charge in [0.1, 0.15) is 0 Å². The van der Waals surface area contributed by atoms with Crippen LogP contribution >= 0.6 is 0 Å². The molecule has 31 heavy (non-hydrogen) atoms. The molecule has 1 aliphatic heterocycles. The molecule has 0 aromatic heterocycles. The van der Waals surface area contributed by atoms with Crippen LogP contribution in [0.2, 0.25) is 0 Å². The van der Waals surface area contributed by atoms with Crippen molar-refractivity contribution in [2.45, 2.75) is 32.4 Å². The van der Waals surface area contributed by atoms with Crippen LogP contribution in [0.15, 0.2) is 72.8 Å². The van der Waals surface area contributed by atoms with E-state index in [2.05, 4.69) is 0 Å². The maximum Gasteiger partial charge on any atom is 0.258 e. The van der Waals surface area contributed by atoms with Gasteiger partial charge >= 0.3 is 0 Å². The number of hydrogen-bond acceptors (Lipinski definition) is 2. The van der Waals surface area contributed by atoms with Crippen LogP contribution in [0.25, 0.3) is 0 Å². The number of rotatable bonds is 3. The molecule has 1 heterocycles. The molecular weight excluding hydrogens is 398 g/mol. The Hall–Kier alpha value is -3.54. The summed E-state index contributed by atoms with van der Waals surface area (Å²) in [6.07, 6.45) is 0.501. The predicted molar refractivity (Wildman–Crippen MR) is 116 cm³/mol. The van der Waals surface area contributed by atoms with Gasteiger partial charge in [-0.1, -0.05) is 36.4 Å². The smallest absolute Gasteiger partial charge is 0.258 e. The highest BCUT2D eigenvalue weighted by atomic mass is 19.2. The van der Waals surface area contributed by atoms with Gasteiger partial charge in [0.15, 0.2) is 11.6 Å². The lowest BCUT2D eigenvalue weighted by atomic mass is 9.89. The summed E-state index contributed by atoms with van der Waals surface area (Å²) in [6.45, 7) is 3.42. The number of nitrogens with zero attached hydrogens (tertiary/aromatic N) is 2. The molecule has 1 aliphatic rings. The highest BCUT2D eigenvalue weighted by Crippen LogP contribution is 2.42. The molecule has 0 radical (unpaired) electrons. The third kappa shape index (κ3) is 3.81. The number of carbonyl (C=O) groups is 2. The Labute approximate surface area is 179 Å². The molecule has 3 aromatic carbocycles. The molecule has 158 valence electrons. The van der Waals surface area contributed by atoms with Gasteiger partial charge in [0, 0.05) is 29.9 Å². The molecule has 4 nitrogen and oxygen atoms in total. The zero-order valence-electron chi connectivity index (χ0n) is 17.3. The second-order valence-corrected chi connectivity index (χ2v) is 7.69. The first-order chi connectivity index (χ1) is 14.9. The standard InChI is InChI=1S/C25H22F2N2O2/c1-16-14-24(29(17(2)30)19-8-4-3-5-9-19)20-10-6-7-11-23(20)28(16)25(31)18-12-13-21(26)22(27)15-18/h3-13,15-16,24H,14H2,1-2H3. The fourth-order valence-corrected chi connectivity index (χ4v) is 4.27. The van der Waals surface area contributed by atoms with Gasteiger partial charge in [-0.2, -0.15) is 0 Å². The molecule has 0 saturated carbocycles. The average Bonchev–Trinajstić information content (AvgIpc) is 2.76. The number of benzene rings is 3. The van der Waals surface area contributed by atoms with Gasteiger partial charge in [-0.25, -0.2) is 8.78 Å². The van der Waals surface area contributed by atoms with E-state index in [1.165, 1.54) is 13.0 Å². The summed E-state index contributed by atoms with van der Waals surface area (Å²) in [7, 11) is 0. The van der Waals surface area contributed by atoms with Crippen molar-refractivity contribution in [3.05, 3.63) is 95.6 Å². The van der Waals surface area contributed by atoms with E-state index in [4.69, 9.17) is 0 Å². The fourth-order valence-electron chi connectivity index (χ4n) is 4.27. The Balaban J connectivity index is 1.78. The van der Waals surface area contributed by atoms with Crippen LogP contribution < -0.4 is 9.80 Å². The Kier molecular flexibility index (Phi) is 5.55. The van der Waals surface area contributed by atoms with Gasteiger partial charge < -0.3 is 9.80 Å². The predicted octanol–water partition coefficient (Wildman–Crippen LogP) is 5.50. The number of para-hydroxylation sites is 2. The Morgan fingerprint density at radius 1 is 0.935 bits per heavy atom. The zero-order chi connectivity index (χ0) is 22.1. The van der Waals surface area contributed by atoms with E-state index >= 15 is 0 Å². The van der Waals surface area contributed by atoms with Crippen LogP contribution in [0.3, 0.4) is 0 Å². The van der Waals surface area contributed by atoms with Crippen LogP contribution in [0.4, 0.5) is 20.2 Å². The van der Waals surface area contributed by atoms with E-state index in [0.717, 1.165) is 23.4 Å². The Morgan fingerprint density at radius 3 is 2.29 bits per heavy atom. The minimum Gasteiger partial charge on any atom is -0.305 e. The van der Waals surface area contributed by atoms with Crippen molar-refractivity contribution in [1.82, 2.24) is 0 Å². The molecule has 0 saturated heterocycles. The first-order valence-corrected chi connectivity index (χ1v) is 10.1. The van der Waals surface area contributed by atoms with E-state index in [9.17, 15) is 18.4 Å². The van der Waals surface area contributed by atoms with Crippen molar-refractivity contribution in [2.75, 3.05) is 9.80 Å². The number of hydrogen-bond donors (Lipinski definition) is 0. The number of amides is 2. The van der Waals surface area contributed by atoms with E-state index in [1.54, 1.807) is 9.80 Å². The SMILES string of the molecule is CC(=O)N(c1ccccc1)C1CC(C)N(C(=O)c2ccc(F)c(F)c2)c2ccccc21. The van der Waals surface area contributed by atoms with E-state index in [1.807, 2.05) is 61.5 Å². The molecule has 2 atom stereocenters. The highest BCUT2D eigenvalue weighted by molar-refractivity contribution is 6.07. The topological polar surface area (TPSA) is 40.6 Å². The van der Waals surface area contributed by atoms with Gasteiger partial charge in [0.05, 0.1) is 6.04 Å². The van der Waals surface area contributed by atoms with Gasteiger partial charge in [0.25, 0.3) is 5.91 Å². The molecule has 2 unspecified atom stereocenters. The Morgan fingerprint density at radius 2 is 1.61 bits per heavy atom. The van der Waals surface area contributed by atoms with Crippen LogP contribution in [-0.4, -0.2) is 17.9 Å². The maximum absolute atomic E-state index is 13.8. The zero-order valence-corrected chi connectivity index (χ0v) is 17.3. The van der Waals surface area contributed by atoms with Gasteiger partial charge in [-0.3, -0.25) is 9.59 Å². The second-order valence-electron chi connectivity index (χ2n) is 7.69. The van der Waals surface area contributed by atoms with E-state index < -0.39 is 17.5 Å². The number of halogens is 2. The lowest BCUT2D eigenvalue weighted by Crippen LogP contribution is -2.47. The number of anilines is 2. The summed E-state index contributed by atoms with van der Waals surface area (Å²) in [5, 5.41) is 0. The molecule has 0 bridgehead atoms. The van der Waals surface area contributed by atoms with Crippen molar-refractivity contribution >= 4 is 23.2 Å². The molecular formula is C25H22F2N2O2. The minimum atomic E-state index is -1.06. The molecule has 0 spiro atoms. The summed E-state index contributed by atoms with van der Waals surface area (Å²) in [6, 6.07) is 19.4. The third-order valence-corrected chi connectivity index (χ3v) is 5.63. The van der Waals surface area contributed by atoms with Crippen LogP contribution in [0.1, 0.15) is 42.2 Å². The summed E-state index contributed by atoms with van der Waals surface area (Å²) in [4.78, 5) is 29.3. The summed E-state index contributed by atoms with van der Waals surface area (Å²) in [5.74, 6) is -2.57. The molecule has 3 aromatic rings. The number of carbonyl (C=O) groups excluding carboxylic acids is 2. The third-order valence-electron chi connectivity index (χ3n) is 5.63. The first kappa shape index (κ1) is 20.7. The maximum atomic E-state index is 13.8. The van der Waals surface area contributed by atoms with Crippen molar-refractivity contribution in [1.29, 1.82) is 0 Å². The van der Waals surface area contributed by atoms with Crippen molar-refractivity contribution in [3.8, 4) is 0 Å². The summed E-state index contributed by atoms with van der Waals surface area (Å²) in [5.41, 5.74) is 2.34. The highest BCUT2D eigenvalue weighted by Gasteiger charge is 2.38. The van der Waals surface area contributed by atoms with E-state index in [0.29, 0.717) is 12.1 Å². The molecule has 0 aliphatic carbocycles. The van der Waals surface area contributed by atoms with Crippen LogP contribution in [0.5, 0.6) is 0 Å². The van der Waals surface area contributed by atoms with Gasteiger partial charge in [0.2, 0.25) is 5.91 Å². The molecule has 0 fully saturated rings. The monoisotopic (exact) mass is 420 g/mol. The fraction of sp³-hybridized carbons (Fsp3) is 0.200. The molecule has 0 N–H and O–H groups in total. The quantitative estimate of drug-likeness (QED) is 0.562. The summed E-state index contributed by atoms with van der Waals surface area (Å²) < 4.78 is 27.1. The first-order valence-electron chi connectivity index (χ1n) is 10.1. The summed E-state index contributed by atoms with van der Waals surface area (Å²) >= 11 is 0. The second kappa shape index (κ2) is 8.30. The van der Waals surface area contributed by atoms with Crippen molar-refractivity contribution in [2.24, 2.45) is 0 Å². The lowest BCUT2D eigenvalue weighted by molar-refractivity contribution is -0.117. The van der Waals surface area contributed by atoms with Crippen molar-refractivity contribution in [3.63, 3.8) is 0 Å². The molecule has 4 rings (SSSR count). The average molecular weight is 420 g/mol. The Bertz CT molecular complexity index is 1130. The largest absolute Gasteiger partial charge is 0.305 e. The van der Waals surface area contributed by atoms with Gasteiger partial charge in [-0.05, 0) is 55.3 Å². The van der Waals surface area contributed by atoms with Crippen LogP contribution in [0, 0.1) is 11.6 Å². The number of fused-ring (bicyclic) bond motifs is 1. The molecule has 6 heteroatoms. The molecule has 2 amide bonds. The van der Waals surface area contributed by atoms with E-state index in [-0.39, 0.29) is 23.6 Å². The van der Waals surface area contributed by atoms with Crippen molar-refractivity contribution < 1.29 is 18.4 Å².